The summed E-state index contributed by atoms with van der Waals surface area (Å²) in [5, 5.41) is 12.3. The lowest BCUT2D eigenvalue weighted by atomic mass is 9.84. The molecule has 1 saturated heterocycles. The number of carboxylic acid groups (broad SMARTS) is 1. The second-order valence-electron chi connectivity index (χ2n) is 8.71. The van der Waals surface area contributed by atoms with E-state index in [0.717, 1.165) is 44.3 Å². The van der Waals surface area contributed by atoms with Crippen molar-refractivity contribution in [3.05, 3.63) is 71.0 Å². The highest BCUT2D eigenvalue weighted by molar-refractivity contribution is 5.94. The number of hydrogen-bond acceptors (Lipinski definition) is 4. The van der Waals surface area contributed by atoms with Crippen LogP contribution in [0.2, 0.25) is 0 Å². The molecule has 6 heteroatoms. The maximum atomic E-state index is 12.5. The summed E-state index contributed by atoms with van der Waals surface area (Å²) in [6.07, 6.45) is 15.1. The maximum absolute atomic E-state index is 12.5. The SMILES string of the molecule is CC1CC=CC=C1N1CCC(CC2=C(NC(=O)c3ccco3)C=C(C(=O)O)CC2)CC1. The van der Waals surface area contributed by atoms with Gasteiger partial charge >= 0.3 is 5.97 Å². The van der Waals surface area contributed by atoms with Crippen LogP contribution in [0.15, 0.2) is 69.7 Å². The van der Waals surface area contributed by atoms with E-state index in [1.165, 1.54) is 12.0 Å². The second-order valence-corrected chi connectivity index (χ2v) is 8.71. The Morgan fingerprint density at radius 1 is 1.26 bits per heavy atom. The van der Waals surface area contributed by atoms with Crippen LogP contribution in [-0.4, -0.2) is 35.0 Å². The van der Waals surface area contributed by atoms with Crippen LogP contribution in [0.5, 0.6) is 0 Å². The molecule has 2 heterocycles. The Balaban J connectivity index is 1.44. The van der Waals surface area contributed by atoms with E-state index in [2.05, 4.69) is 35.4 Å². The fourth-order valence-electron chi connectivity index (χ4n) is 4.76. The van der Waals surface area contributed by atoms with Crippen molar-refractivity contribution < 1.29 is 19.1 Å². The minimum absolute atomic E-state index is 0.222. The zero-order valence-corrected chi connectivity index (χ0v) is 18.0. The highest BCUT2D eigenvalue weighted by Crippen LogP contribution is 2.34. The number of rotatable bonds is 6. The number of carboxylic acids is 1. The zero-order chi connectivity index (χ0) is 21.8. The molecule has 0 saturated carbocycles. The lowest BCUT2D eigenvalue weighted by molar-refractivity contribution is -0.132. The van der Waals surface area contributed by atoms with Crippen molar-refractivity contribution in [2.75, 3.05) is 13.1 Å². The van der Waals surface area contributed by atoms with Gasteiger partial charge in [-0.05, 0) is 80.2 Å². The Labute approximate surface area is 183 Å². The van der Waals surface area contributed by atoms with Crippen molar-refractivity contribution in [3.8, 4) is 0 Å². The van der Waals surface area contributed by atoms with Gasteiger partial charge in [-0.3, -0.25) is 4.79 Å². The summed E-state index contributed by atoms with van der Waals surface area (Å²) in [6.45, 7) is 4.38. The van der Waals surface area contributed by atoms with Gasteiger partial charge in [-0.1, -0.05) is 19.1 Å². The summed E-state index contributed by atoms with van der Waals surface area (Å²) in [7, 11) is 0. The van der Waals surface area contributed by atoms with Gasteiger partial charge in [-0.2, -0.15) is 0 Å². The van der Waals surface area contributed by atoms with E-state index >= 15 is 0 Å². The molecule has 1 unspecified atom stereocenters. The van der Waals surface area contributed by atoms with E-state index in [-0.39, 0.29) is 11.7 Å². The van der Waals surface area contributed by atoms with Crippen LogP contribution in [0.4, 0.5) is 0 Å². The molecular weight excluding hydrogens is 392 g/mol. The molecule has 6 nitrogen and oxygen atoms in total. The first-order chi connectivity index (χ1) is 15.0. The largest absolute Gasteiger partial charge is 0.478 e. The molecule has 1 atom stereocenters. The van der Waals surface area contributed by atoms with Crippen molar-refractivity contribution in [2.45, 2.75) is 45.4 Å². The number of amides is 1. The number of nitrogens with zero attached hydrogens (tertiary/aromatic N) is 1. The van der Waals surface area contributed by atoms with Crippen molar-refractivity contribution in [3.63, 3.8) is 0 Å². The van der Waals surface area contributed by atoms with Crippen LogP contribution < -0.4 is 5.32 Å². The van der Waals surface area contributed by atoms with Gasteiger partial charge in [-0.15, -0.1) is 0 Å². The predicted molar refractivity (Wildman–Crippen MR) is 118 cm³/mol. The fourth-order valence-corrected chi connectivity index (χ4v) is 4.76. The number of aliphatic carboxylic acids is 1. The first-order valence-corrected chi connectivity index (χ1v) is 11.1. The Hall–Kier alpha value is -3.02. The van der Waals surface area contributed by atoms with Crippen LogP contribution in [0.25, 0.3) is 0 Å². The number of nitrogens with one attached hydrogen (secondary N) is 1. The summed E-state index contributed by atoms with van der Waals surface area (Å²) < 4.78 is 5.19. The number of carbonyl (C=O) groups is 2. The van der Waals surface area contributed by atoms with Gasteiger partial charge in [0, 0.05) is 30.1 Å². The number of carbonyl (C=O) groups excluding carboxylic acids is 1. The minimum atomic E-state index is -0.930. The molecule has 1 aromatic heterocycles. The molecule has 1 aromatic rings. The van der Waals surface area contributed by atoms with Crippen molar-refractivity contribution in [2.24, 2.45) is 11.8 Å². The standard InChI is InChI=1S/C25H30N2O4/c1-17-5-2-3-6-22(17)27-12-10-18(11-13-27)15-19-8-9-20(25(29)30)16-21(19)26-24(28)23-7-4-14-31-23/h2-4,6-7,14,16-18H,5,8-13,15H2,1H3,(H,26,28)(H,29,30). The average molecular weight is 423 g/mol. The lowest BCUT2D eigenvalue weighted by Gasteiger charge is -2.38. The Kier molecular flexibility index (Phi) is 6.44. The van der Waals surface area contributed by atoms with Gasteiger partial charge in [0.25, 0.3) is 5.91 Å². The molecule has 0 bridgehead atoms. The summed E-state index contributed by atoms with van der Waals surface area (Å²) in [5.74, 6) is 0.0598. The summed E-state index contributed by atoms with van der Waals surface area (Å²) >= 11 is 0. The molecule has 0 aromatic carbocycles. The van der Waals surface area contributed by atoms with Gasteiger partial charge in [-0.25, -0.2) is 4.79 Å². The third-order valence-electron chi connectivity index (χ3n) is 6.58. The minimum Gasteiger partial charge on any atom is -0.478 e. The second kappa shape index (κ2) is 9.41. The topological polar surface area (TPSA) is 82.8 Å². The molecule has 164 valence electrons. The molecule has 2 aliphatic carbocycles. The van der Waals surface area contributed by atoms with Crippen molar-refractivity contribution >= 4 is 11.9 Å². The maximum Gasteiger partial charge on any atom is 0.331 e. The van der Waals surface area contributed by atoms with Gasteiger partial charge in [0.15, 0.2) is 5.76 Å². The molecule has 31 heavy (non-hydrogen) atoms. The van der Waals surface area contributed by atoms with Gasteiger partial charge in [0.05, 0.1) is 6.26 Å². The van der Waals surface area contributed by atoms with Crippen molar-refractivity contribution in [1.29, 1.82) is 0 Å². The van der Waals surface area contributed by atoms with E-state index in [0.29, 0.717) is 35.9 Å². The molecule has 1 aliphatic heterocycles. The first-order valence-electron chi connectivity index (χ1n) is 11.1. The summed E-state index contributed by atoms with van der Waals surface area (Å²) in [6, 6.07) is 3.27. The number of likely N-dealkylation sites (tertiary alicyclic amines) is 1. The molecule has 3 aliphatic rings. The van der Waals surface area contributed by atoms with Gasteiger partial charge < -0.3 is 19.7 Å². The number of piperidine rings is 1. The van der Waals surface area contributed by atoms with Crippen LogP contribution >= 0.6 is 0 Å². The third-order valence-corrected chi connectivity index (χ3v) is 6.58. The highest BCUT2D eigenvalue weighted by atomic mass is 16.4. The number of hydrogen-bond donors (Lipinski definition) is 2. The fraction of sp³-hybridized carbons (Fsp3) is 0.440. The van der Waals surface area contributed by atoms with E-state index in [1.54, 1.807) is 18.2 Å². The van der Waals surface area contributed by atoms with E-state index in [9.17, 15) is 14.7 Å². The molecule has 1 amide bonds. The Bertz CT molecular complexity index is 944. The third kappa shape index (κ3) is 5.01. The quantitative estimate of drug-likeness (QED) is 0.697. The van der Waals surface area contributed by atoms with Crippen molar-refractivity contribution in [1.82, 2.24) is 10.2 Å². The molecule has 1 fully saturated rings. The van der Waals surface area contributed by atoms with Gasteiger partial charge in [0.2, 0.25) is 0 Å². The smallest absolute Gasteiger partial charge is 0.331 e. The normalized spacial score (nSPS) is 22.2. The average Bonchev–Trinajstić information content (AvgIpc) is 3.31. The van der Waals surface area contributed by atoms with E-state index < -0.39 is 5.97 Å². The summed E-state index contributed by atoms with van der Waals surface area (Å²) in [4.78, 5) is 26.5. The number of furan rings is 1. The lowest BCUT2D eigenvalue weighted by Crippen LogP contribution is -2.35. The Morgan fingerprint density at radius 3 is 2.74 bits per heavy atom. The van der Waals surface area contributed by atoms with Gasteiger partial charge in [0.1, 0.15) is 0 Å². The van der Waals surface area contributed by atoms with Crippen LogP contribution in [0.3, 0.4) is 0 Å². The summed E-state index contributed by atoms with van der Waals surface area (Å²) in [5.41, 5.74) is 3.54. The number of allylic oxidation sites excluding steroid dienone is 6. The van der Waals surface area contributed by atoms with Crippen LogP contribution in [0, 0.1) is 11.8 Å². The highest BCUT2D eigenvalue weighted by Gasteiger charge is 2.27. The molecule has 0 spiro atoms. The predicted octanol–water partition coefficient (Wildman–Crippen LogP) is 4.65. The van der Waals surface area contributed by atoms with Crippen LogP contribution in [0.1, 0.15) is 56.0 Å². The molecule has 0 radical (unpaired) electrons. The molecule has 2 N–H and O–H groups in total. The zero-order valence-electron chi connectivity index (χ0n) is 18.0. The monoisotopic (exact) mass is 422 g/mol. The molecule has 4 rings (SSSR count). The Morgan fingerprint density at radius 2 is 2.06 bits per heavy atom. The van der Waals surface area contributed by atoms with Crippen LogP contribution in [-0.2, 0) is 4.79 Å². The van der Waals surface area contributed by atoms with E-state index in [4.69, 9.17) is 4.42 Å². The molecular formula is C25H30N2O4. The van der Waals surface area contributed by atoms with E-state index in [1.807, 2.05) is 0 Å². The first kappa shape index (κ1) is 21.2.